The Balaban J connectivity index is 2.95. The molecule has 1 rings (SSSR count). The van der Waals surface area contributed by atoms with Gasteiger partial charge in [-0.05, 0) is 27.2 Å². The molecule has 0 fully saturated rings. The predicted molar refractivity (Wildman–Crippen MR) is 76.9 cm³/mol. The van der Waals surface area contributed by atoms with Crippen LogP contribution >= 0.6 is 0 Å². The second-order valence-corrected chi connectivity index (χ2v) is 5.86. The number of nitrogens with one attached hydrogen (secondary N) is 1. The molecule has 1 heterocycles. The van der Waals surface area contributed by atoms with Crippen LogP contribution in [-0.2, 0) is 23.0 Å². The molecule has 7 nitrogen and oxygen atoms in total. The molecule has 0 spiro atoms. The van der Waals surface area contributed by atoms with Crippen molar-refractivity contribution in [1.82, 2.24) is 15.1 Å². The summed E-state index contributed by atoms with van der Waals surface area (Å²) in [5.74, 6) is -0.998. The molecule has 0 aliphatic heterocycles. The number of nitrogens with zero attached hydrogens (tertiary/aromatic N) is 2. The predicted octanol–water partition coefficient (Wildman–Crippen LogP) is 2.02. The Labute approximate surface area is 124 Å². The lowest BCUT2D eigenvalue weighted by Crippen LogP contribution is -2.36. The molecule has 0 aliphatic carbocycles. The van der Waals surface area contributed by atoms with Gasteiger partial charge in [0.15, 0.2) is 0 Å². The van der Waals surface area contributed by atoms with Gasteiger partial charge in [-0.2, -0.15) is 5.10 Å². The summed E-state index contributed by atoms with van der Waals surface area (Å²) < 4.78 is 6.79. The second kappa shape index (κ2) is 6.60. The first-order chi connectivity index (χ1) is 9.62. The molecule has 1 atom stereocenters. The fourth-order valence-corrected chi connectivity index (χ4v) is 1.98. The highest BCUT2D eigenvalue weighted by Crippen LogP contribution is 2.21. The molecule has 0 saturated heterocycles. The Hall–Kier alpha value is -2.05. The lowest BCUT2D eigenvalue weighted by molar-refractivity contribution is -0.137. The Morgan fingerprint density at radius 2 is 2.10 bits per heavy atom. The Bertz CT molecular complexity index is 517. The van der Waals surface area contributed by atoms with E-state index in [1.807, 2.05) is 6.92 Å². The van der Waals surface area contributed by atoms with Gasteiger partial charge in [0.25, 0.3) is 0 Å². The van der Waals surface area contributed by atoms with Gasteiger partial charge < -0.3 is 15.2 Å². The lowest BCUT2D eigenvalue weighted by atomic mass is 10.0. The molecule has 1 amide bonds. The van der Waals surface area contributed by atoms with E-state index in [2.05, 4.69) is 10.4 Å². The Morgan fingerprint density at radius 1 is 1.48 bits per heavy atom. The third-order valence-corrected chi connectivity index (χ3v) is 2.72. The molecular weight excluding hydrogens is 274 g/mol. The summed E-state index contributed by atoms with van der Waals surface area (Å²) in [5, 5.41) is 15.9. The van der Waals surface area contributed by atoms with Crippen LogP contribution in [0.25, 0.3) is 0 Å². The van der Waals surface area contributed by atoms with E-state index >= 15 is 0 Å². The number of carboxylic acids is 1. The van der Waals surface area contributed by atoms with Crippen LogP contribution < -0.4 is 5.32 Å². The van der Waals surface area contributed by atoms with E-state index < -0.39 is 23.7 Å². The van der Waals surface area contributed by atoms with Crippen LogP contribution in [0.3, 0.4) is 0 Å². The smallest absolute Gasteiger partial charge is 0.408 e. The molecule has 1 aromatic rings. The van der Waals surface area contributed by atoms with E-state index in [-0.39, 0.29) is 6.42 Å². The van der Waals surface area contributed by atoms with Gasteiger partial charge >= 0.3 is 12.1 Å². The second-order valence-electron chi connectivity index (χ2n) is 5.86. The molecule has 21 heavy (non-hydrogen) atoms. The largest absolute Gasteiger partial charge is 0.481 e. The zero-order valence-electron chi connectivity index (χ0n) is 13.1. The number of hydrogen-bond donors (Lipinski definition) is 2. The fourth-order valence-electron chi connectivity index (χ4n) is 1.98. The number of aromatic nitrogens is 2. The van der Waals surface area contributed by atoms with E-state index in [4.69, 9.17) is 9.84 Å². The monoisotopic (exact) mass is 297 g/mol. The molecular formula is C14H23N3O4. The minimum atomic E-state index is -0.998. The molecule has 118 valence electrons. The summed E-state index contributed by atoms with van der Waals surface area (Å²) in [4.78, 5) is 22.9. The molecule has 0 aromatic carbocycles. The number of ether oxygens (including phenoxy) is 1. The maximum Gasteiger partial charge on any atom is 0.408 e. The zero-order chi connectivity index (χ0) is 16.2. The van der Waals surface area contributed by atoms with E-state index in [9.17, 15) is 9.59 Å². The maximum atomic E-state index is 11.9. The van der Waals surface area contributed by atoms with E-state index in [1.165, 1.54) is 0 Å². The zero-order valence-corrected chi connectivity index (χ0v) is 13.1. The Kier molecular flexibility index (Phi) is 5.34. The van der Waals surface area contributed by atoms with Crippen LogP contribution in [0.4, 0.5) is 4.79 Å². The highest BCUT2D eigenvalue weighted by molar-refractivity contribution is 5.72. The van der Waals surface area contributed by atoms with Crippen LogP contribution in [0.15, 0.2) is 6.20 Å². The highest BCUT2D eigenvalue weighted by atomic mass is 16.6. The topological polar surface area (TPSA) is 93.5 Å². The van der Waals surface area contributed by atoms with E-state index in [1.54, 1.807) is 38.7 Å². The number of rotatable bonds is 5. The summed E-state index contributed by atoms with van der Waals surface area (Å²) in [6.07, 6.45) is 1.52. The normalized spacial score (nSPS) is 12.8. The molecule has 0 saturated carbocycles. The lowest BCUT2D eigenvalue weighted by Gasteiger charge is -2.23. The number of carbonyl (C=O) groups is 2. The summed E-state index contributed by atoms with van der Waals surface area (Å²) in [6, 6.07) is -0.666. The highest BCUT2D eigenvalue weighted by Gasteiger charge is 2.25. The number of aryl methyl sites for hydroxylation is 2. The van der Waals surface area contributed by atoms with Crippen molar-refractivity contribution in [3.63, 3.8) is 0 Å². The van der Waals surface area contributed by atoms with Gasteiger partial charge in [-0.3, -0.25) is 9.48 Å². The molecule has 1 aromatic heterocycles. The number of amides is 1. The summed E-state index contributed by atoms with van der Waals surface area (Å²) in [6.45, 7) is 7.18. The summed E-state index contributed by atoms with van der Waals surface area (Å²) in [7, 11) is 1.76. The van der Waals surface area contributed by atoms with Gasteiger partial charge in [-0.1, -0.05) is 6.92 Å². The minimum Gasteiger partial charge on any atom is -0.481 e. The van der Waals surface area contributed by atoms with Crippen molar-refractivity contribution in [3.8, 4) is 0 Å². The first-order valence-corrected chi connectivity index (χ1v) is 6.86. The van der Waals surface area contributed by atoms with Crippen molar-refractivity contribution >= 4 is 12.1 Å². The van der Waals surface area contributed by atoms with Crippen LogP contribution in [0.1, 0.15) is 51.4 Å². The molecule has 0 unspecified atom stereocenters. The number of alkyl carbamates (subject to hydrolysis) is 1. The summed E-state index contributed by atoms with van der Waals surface area (Å²) >= 11 is 0. The third-order valence-electron chi connectivity index (χ3n) is 2.72. The summed E-state index contributed by atoms with van der Waals surface area (Å²) in [5.41, 5.74) is 0.827. The molecule has 0 bridgehead atoms. The van der Waals surface area contributed by atoms with Gasteiger partial charge in [-0.15, -0.1) is 0 Å². The Morgan fingerprint density at radius 3 is 2.57 bits per heavy atom. The number of carboxylic acid groups (broad SMARTS) is 1. The first kappa shape index (κ1) is 17.0. The van der Waals surface area contributed by atoms with Crippen LogP contribution in [0, 0.1) is 0 Å². The van der Waals surface area contributed by atoms with Crippen LogP contribution in [0.2, 0.25) is 0 Å². The van der Waals surface area contributed by atoms with Gasteiger partial charge in [0, 0.05) is 18.8 Å². The molecule has 0 radical (unpaired) electrons. The van der Waals surface area contributed by atoms with Crippen molar-refractivity contribution in [2.24, 2.45) is 7.05 Å². The first-order valence-electron chi connectivity index (χ1n) is 6.86. The van der Waals surface area contributed by atoms with Crippen molar-refractivity contribution in [2.75, 3.05) is 0 Å². The number of aliphatic carboxylic acids is 1. The van der Waals surface area contributed by atoms with Gasteiger partial charge in [-0.25, -0.2) is 4.79 Å². The number of hydrogen-bond acceptors (Lipinski definition) is 4. The fraction of sp³-hybridized carbons (Fsp3) is 0.643. The average molecular weight is 297 g/mol. The van der Waals surface area contributed by atoms with Gasteiger partial charge in [0.1, 0.15) is 5.60 Å². The molecule has 0 aliphatic rings. The standard InChI is InChI=1S/C14H23N3O4/c1-6-10-9(8-17(5)16-10)11(7-12(18)19)15-13(20)21-14(2,3)4/h8,11H,6-7H2,1-5H3,(H,15,20)(H,18,19)/t11-/m1/s1. The van der Waals surface area contributed by atoms with Crippen LogP contribution in [-0.4, -0.2) is 32.6 Å². The SMILES string of the molecule is CCc1nn(C)cc1[C@@H](CC(=O)O)NC(=O)OC(C)(C)C. The van der Waals surface area contributed by atoms with Gasteiger partial charge in [0.2, 0.25) is 0 Å². The molecule has 7 heteroatoms. The van der Waals surface area contributed by atoms with E-state index in [0.717, 1.165) is 5.69 Å². The molecule has 2 N–H and O–H groups in total. The maximum absolute atomic E-state index is 11.9. The minimum absolute atomic E-state index is 0.224. The third kappa shape index (κ3) is 5.45. The average Bonchev–Trinajstić information content (AvgIpc) is 2.66. The van der Waals surface area contributed by atoms with E-state index in [0.29, 0.717) is 12.0 Å². The van der Waals surface area contributed by atoms with Crippen LogP contribution in [0.5, 0.6) is 0 Å². The van der Waals surface area contributed by atoms with Crippen molar-refractivity contribution in [2.45, 2.75) is 52.2 Å². The quantitative estimate of drug-likeness (QED) is 0.867. The van der Waals surface area contributed by atoms with Crippen molar-refractivity contribution in [3.05, 3.63) is 17.5 Å². The van der Waals surface area contributed by atoms with Gasteiger partial charge in [0.05, 0.1) is 18.2 Å². The number of carbonyl (C=O) groups excluding carboxylic acids is 1. The van der Waals surface area contributed by atoms with Crippen molar-refractivity contribution < 1.29 is 19.4 Å². The van der Waals surface area contributed by atoms with Crippen molar-refractivity contribution in [1.29, 1.82) is 0 Å².